The summed E-state index contributed by atoms with van der Waals surface area (Å²) in [5.41, 5.74) is 5.50. The molecule has 2 aliphatic rings. The fraction of sp³-hybridized carbons (Fsp3) is 0.857. The number of carbonyl (C=O) groups excluding carboxylic acids is 1. The van der Waals surface area contributed by atoms with Gasteiger partial charge in [-0.15, -0.1) is 0 Å². The SMILES string of the molecule is CC1CCN(C(=O)C2(C)CCCC2N)C(C(=O)O)C1. The monoisotopic (exact) mass is 268 g/mol. The Morgan fingerprint density at radius 2 is 2.05 bits per heavy atom. The summed E-state index contributed by atoms with van der Waals surface area (Å²) in [5.74, 6) is -0.595. The Hall–Kier alpha value is -1.10. The first-order valence-electron chi connectivity index (χ1n) is 7.15. The van der Waals surface area contributed by atoms with E-state index in [2.05, 4.69) is 0 Å². The minimum absolute atomic E-state index is 0.0585. The minimum atomic E-state index is -0.893. The average molecular weight is 268 g/mol. The molecule has 0 aromatic carbocycles. The molecule has 5 nitrogen and oxygen atoms in total. The van der Waals surface area contributed by atoms with E-state index >= 15 is 0 Å². The number of piperidine rings is 1. The maximum Gasteiger partial charge on any atom is 0.326 e. The maximum absolute atomic E-state index is 12.7. The molecular weight excluding hydrogens is 244 g/mol. The van der Waals surface area contributed by atoms with Gasteiger partial charge >= 0.3 is 5.97 Å². The van der Waals surface area contributed by atoms with Gasteiger partial charge in [-0.25, -0.2) is 4.79 Å². The van der Waals surface area contributed by atoms with Crippen molar-refractivity contribution >= 4 is 11.9 Å². The van der Waals surface area contributed by atoms with Crippen LogP contribution < -0.4 is 5.73 Å². The van der Waals surface area contributed by atoms with E-state index in [9.17, 15) is 14.7 Å². The van der Waals surface area contributed by atoms with E-state index in [4.69, 9.17) is 5.73 Å². The zero-order valence-electron chi connectivity index (χ0n) is 11.8. The molecule has 0 radical (unpaired) electrons. The number of carbonyl (C=O) groups is 2. The Balaban J connectivity index is 2.19. The molecule has 19 heavy (non-hydrogen) atoms. The van der Waals surface area contributed by atoms with Crippen LogP contribution in [0.15, 0.2) is 0 Å². The lowest BCUT2D eigenvalue weighted by molar-refractivity contribution is -0.158. The molecule has 3 N–H and O–H groups in total. The van der Waals surface area contributed by atoms with Gasteiger partial charge in [0.25, 0.3) is 0 Å². The smallest absolute Gasteiger partial charge is 0.326 e. The second-order valence-corrected chi connectivity index (χ2v) is 6.40. The number of nitrogens with two attached hydrogens (primary N) is 1. The Morgan fingerprint density at radius 1 is 1.37 bits per heavy atom. The summed E-state index contributed by atoms with van der Waals surface area (Å²) in [6.45, 7) is 4.48. The van der Waals surface area contributed by atoms with Crippen LogP contribution >= 0.6 is 0 Å². The normalized spacial score (nSPS) is 39.3. The van der Waals surface area contributed by atoms with Gasteiger partial charge in [0.1, 0.15) is 6.04 Å². The van der Waals surface area contributed by atoms with E-state index in [1.807, 2.05) is 13.8 Å². The molecule has 4 atom stereocenters. The van der Waals surface area contributed by atoms with Gasteiger partial charge in [0.15, 0.2) is 0 Å². The largest absolute Gasteiger partial charge is 0.480 e. The van der Waals surface area contributed by atoms with Gasteiger partial charge in [0.05, 0.1) is 5.41 Å². The highest BCUT2D eigenvalue weighted by Gasteiger charge is 2.48. The second-order valence-electron chi connectivity index (χ2n) is 6.40. The number of nitrogens with zero attached hydrogens (tertiary/aromatic N) is 1. The number of likely N-dealkylation sites (tertiary alicyclic amines) is 1. The van der Waals surface area contributed by atoms with Crippen LogP contribution in [0.5, 0.6) is 0 Å². The molecule has 1 saturated carbocycles. The zero-order chi connectivity index (χ0) is 14.2. The first-order valence-corrected chi connectivity index (χ1v) is 7.15. The molecule has 1 saturated heterocycles. The van der Waals surface area contributed by atoms with Crippen molar-refractivity contribution in [2.45, 2.75) is 58.0 Å². The van der Waals surface area contributed by atoms with Crippen molar-refractivity contribution in [1.29, 1.82) is 0 Å². The molecule has 1 heterocycles. The Bertz CT molecular complexity index is 385. The first kappa shape index (κ1) is 14.3. The van der Waals surface area contributed by atoms with Crippen LogP contribution in [0, 0.1) is 11.3 Å². The highest BCUT2D eigenvalue weighted by atomic mass is 16.4. The van der Waals surface area contributed by atoms with Crippen LogP contribution in [0.1, 0.15) is 46.0 Å². The fourth-order valence-corrected chi connectivity index (χ4v) is 3.41. The Labute approximate surface area is 114 Å². The quantitative estimate of drug-likeness (QED) is 0.788. The topological polar surface area (TPSA) is 83.6 Å². The molecule has 5 heteroatoms. The van der Waals surface area contributed by atoms with E-state index in [-0.39, 0.29) is 11.9 Å². The maximum atomic E-state index is 12.7. The van der Waals surface area contributed by atoms with Crippen molar-refractivity contribution in [2.75, 3.05) is 6.54 Å². The van der Waals surface area contributed by atoms with Crippen molar-refractivity contribution < 1.29 is 14.7 Å². The van der Waals surface area contributed by atoms with Gasteiger partial charge in [0, 0.05) is 12.6 Å². The lowest BCUT2D eigenvalue weighted by Crippen LogP contribution is -2.56. The molecule has 0 bridgehead atoms. The molecule has 0 spiro atoms. The molecule has 1 amide bonds. The van der Waals surface area contributed by atoms with Gasteiger partial charge in [-0.2, -0.15) is 0 Å². The third-order valence-corrected chi connectivity index (χ3v) is 4.93. The first-order chi connectivity index (χ1) is 8.86. The van der Waals surface area contributed by atoms with Gasteiger partial charge in [-0.3, -0.25) is 4.79 Å². The van der Waals surface area contributed by atoms with E-state index in [0.29, 0.717) is 18.9 Å². The number of amides is 1. The highest BCUT2D eigenvalue weighted by Crippen LogP contribution is 2.40. The number of aliphatic carboxylic acids is 1. The molecule has 108 valence electrons. The summed E-state index contributed by atoms with van der Waals surface area (Å²) in [7, 11) is 0. The summed E-state index contributed by atoms with van der Waals surface area (Å²) < 4.78 is 0. The molecule has 1 aliphatic heterocycles. The van der Waals surface area contributed by atoms with Crippen LogP contribution in [-0.4, -0.2) is 40.5 Å². The van der Waals surface area contributed by atoms with Gasteiger partial charge in [0.2, 0.25) is 5.91 Å². The summed E-state index contributed by atoms with van der Waals surface area (Å²) in [5, 5.41) is 9.34. The van der Waals surface area contributed by atoms with Crippen molar-refractivity contribution in [2.24, 2.45) is 17.1 Å². The average Bonchev–Trinajstić information content (AvgIpc) is 2.70. The fourth-order valence-electron chi connectivity index (χ4n) is 3.41. The van der Waals surface area contributed by atoms with Crippen LogP contribution in [0.4, 0.5) is 0 Å². The summed E-state index contributed by atoms with van der Waals surface area (Å²) in [4.78, 5) is 25.7. The van der Waals surface area contributed by atoms with Crippen molar-refractivity contribution in [3.8, 4) is 0 Å². The summed E-state index contributed by atoms with van der Waals surface area (Å²) >= 11 is 0. The predicted molar refractivity (Wildman–Crippen MR) is 71.5 cm³/mol. The van der Waals surface area contributed by atoms with Crippen molar-refractivity contribution in [3.63, 3.8) is 0 Å². The number of hydrogen-bond acceptors (Lipinski definition) is 3. The highest BCUT2D eigenvalue weighted by molar-refractivity contribution is 5.88. The molecule has 0 aromatic heterocycles. The van der Waals surface area contributed by atoms with Crippen LogP contribution in [0.3, 0.4) is 0 Å². The third kappa shape index (κ3) is 2.48. The molecular formula is C14H24N2O3. The van der Waals surface area contributed by atoms with E-state index in [1.54, 1.807) is 4.90 Å². The van der Waals surface area contributed by atoms with Gasteiger partial charge in [-0.1, -0.05) is 13.3 Å². The van der Waals surface area contributed by atoms with Crippen LogP contribution in [-0.2, 0) is 9.59 Å². The number of hydrogen-bond donors (Lipinski definition) is 2. The number of carboxylic acids is 1. The Morgan fingerprint density at radius 3 is 2.58 bits per heavy atom. The summed E-state index contributed by atoms with van der Waals surface area (Å²) in [6.07, 6.45) is 3.99. The molecule has 1 aliphatic carbocycles. The standard InChI is InChI=1S/C14H24N2O3/c1-9-5-7-16(10(8-9)12(17)18)13(19)14(2)6-3-4-11(14)15/h9-11H,3-8,15H2,1-2H3,(H,17,18). The van der Waals surface area contributed by atoms with Crippen molar-refractivity contribution in [1.82, 2.24) is 4.90 Å². The lowest BCUT2D eigenvalue weighted by Gasteiger charge is -2.41. The minimum Gasteiger partial charge on any atom is -0.480 e. The van der Waals surface area contributed by atoms with E-state index in [0.717, 1.165) is 25.7 Å². The molecule has 4 unspecified atom stereocenters. The van der Waals surface area contributed by atoms with Crippen LogP contribution in [0.25, 0.3) is 0 Å². The zero-order valence-corrected chi connectivity index (χ0v) is 11.8. The third-order valence-electron chi connectivity index (χ3n) is 4.93. The lowest BCUT2D eigenvalue weighted by atomic mass is 9.81. The number of rotatable bonds is 2. The van der Waals surface area contributed by atoms with E-state index in [1.165, 1.54) is 0 Å². The van der Waals surface area contributed by atoms with Gasteiger partial charge < -0.3 is 15.7 Å². The number of carboxylic acid groups (broad SMARTS) is 1. The van der Waals surface area contributed by atoms with Crippen molar-refractivity contribution in [3.05, 3.63) is 0 Å². The van der Waals surface area contributed by atoms with Crippen LogP contribution in [0.2, 0.25) is 0 Å². The summed E-state index contributed by atoms with van der Waals surface area (Å²) in [6, 6.07) is -0.824. The van der Waals surface area contributed by atoms with Gasteiger partial charge in [-0.05, 0) is 38.5 Å². The van der Waals surface area contributed by atoms with E-state index < -0.39 is 17.4 Å². The predicted octanol–water partition coefficient (Wildman–Crippen LogP) is 1.22. The second kappa shape index (κ2) is 5.12. The molecule has 0 aromatic rings. The molecule has 2 rings (SSSR count). The molecule has 2 fully saturated rings. The Kier molecular flexibility index (Phi) is 3.85.